The lowest BCUT2D eigenvalue weighted by atomic mass is 10.1. The fourth-order valence-electron chi connectivity index (χ4n) is 3.95. The van der Waals surface area contributed by atoms with E-state index in [9.17, 15) is 19.7 Å². The molecule has 0 bridgehead atoms. The first-order valence-electron chi connectivity index (χ1n) is 11.1. The molecule has 1 aromatic heterocycles. The summed E-state index contributed by atoms with van der Waals surface area (Å²) in [7, 11) is 3.05. The molecule has 0 saturated carbocycles. The molecule has 1 aliphatic heterocycles. The average Bonchev–Trinajstić information content (AvgIpc) is 3.35. The zero-order valence-corrected chi connectivity index (χ0v) is 20.0. The number of benzene rings is 2. The van der Waals surface area contributed by atoms with Crippen LogP contribution in [-0.4, -0.2) is 77.2 Å². The van der Waals surface area contributed by atoms with Gasteiger partial charge in [-0.25, -0.2) is 0 Å². The Kier molecular flexibility index (Phi) is 6.99. The second-order valence-corrected chi connectivity index (χ2v) is 7.98. The van der Waals surface area contributed by atoms with Crippen molar-refractivity contribution in [2.24, 2.45) is 0 Å². The number of piperazine rings is 1. The predicted octanol–water partition coefficient (Wildman–Crippen LogP) is 2.32. The van der Waals surface area contributed by atoms with Gasteiger partial charge in [-0.05, 0) is 24.3 Å². The monoisotopic (exact) mass is 495 g/mol. The Labute approximate surface area is 206 Å². The van der Waals surface area contributed by atoms with Crippen LogP contribution in [0.5, 0.6) is 11.5 Å². The molecule has 2 N–H and O–H groups in total. The molecule has 4 rings (SSSR count). The molecule has 1 saturated heterocycles. The number of aromatic nitrogens is 3. The number of ether oxygens (including phenoxy) is 2. The van der Waals surface area contributed by atoms with Crippen molar-refractivity contribution < 1.29 is 24.0 Å². The maximum absolute atomic E-state index is 12.8. The number of rotatable bonds is 7. The molecule has 2 heterocycles. The predicted molar refractivity (Wildman–Crippen MR) is 130 cm³/mol. The van der Waals surface area contributed by atoms with Gasteiger partial charge in [-0.1, -0.05) is 0 Å². The van der Waals surface area contributed by atoms with E-state index in [0.29, 0.717) is 54.8 Å². The van der Waals surface area contributed by atoms with E-state index < -0.39 is 10.8 Å². The first-order valence-corrected chi connectivity index (χ1v) is 11.1. The number of carbonyl (C=O) groups is 2. The van der Waals surface area contributed by atoms with Gasteiger partial charge < -0.3 is 19.3 Å². The highest BCUT2D eigenvalue weighted by Gasteiger charge is 2.26. The largest absolute Gasteiger partial charge is 0.497 e. The first kappa shape index (κ1) is 24.4. The minimum absolute atomic E-state index is 0.0000413. The molecule has 0 spiro atoms. The number of carbonyl (C=O) groups excluding carboxylic acids is 2. The maximum atomic E-state index is 12.8. The lowest BCUT2D eigenvalue weighted by molar-refractivity contribution is -0.384. The second-order valence-electron chi connectivity index (χ2n) is 7.98. The van der Waals surface area contributed by atoms with Crippen molar-refractivity contribution >= 4 is 29.1 Å². The quantitative estimate of drug-likeness (QED) is 0.371. The van der Waals surface area contributed by atoms with E-state index in [0.717, 1.165) is 0 Å². The topological polar surface area (TPSA) is 156 Å². The Morgan fingerprint density at radius 3 is 2.47 bits per heavy atom. The highest BCUT2D eigenvalue weighted by atomic mass is 16.6. The van der Waals surface area contributed by atoms with Crippen molar-refractivity contribution in [1.82, 2.24) is 20.1 Å². The van der Waals surface area contributed by atoms with Gasteiger partial charge >= 0.3 is 0 Å². The normalized spacial score (nSPS) is 13.3. The summed E-state index contributed by atoms with van der Waals surface area (Å²) in [5.74, 6) is 0.832. The Morgan fingerprint density at radius 1 is 1.08 bits per heavy atom. The summed E-state index contributed by atoms with van der Waals surface area (Å²) in [5, 5.41) is 21.1. The van der Waals surface area contributed by atoms with Crippen LogP contribution in [0.25, 0.3) is 11.4 Å². The van der Waals surface area contributed by atoms with Crippen LogP contribution in [0, 0.1) is 10.1 Å². The zero-order valence-electron chi connectivity index (χ0n) is 20.0. The number of H-pyrrole nitrogens is 1. The summed E-state index contributed by atoms with van der Waals surface area (Å²) in [5.41, 5.74) is 0.890. The number of nitro benzene ring substituents is 1. The van der Waals surface area contributed by atoms with Crippen LogP contribution < -0.4 is 19.7 Å². The Hall–Kier alpha value is -4.68. The average molecular weight is 495 g/mol. The van der Waals surface area contributed by atoms with Crippen molar-refractivity contribution in [3.63, 3.8) is 0 Å². The summed E-state index contributed by atoms with van der Waals surface area (Å²) in [6.07, 6.45) is 0. The molecule has 2 aromatic carbocycles. The van der Waals surface area contributed by atoms with Crippen molar-refractivity contribution in [2.75, 3.05) is 50.6 Å². The summed E-state index contributed by atoms with van der Waals surface area (Å²) in [4.78, 5) is 43.4. The second kappa shape index (κ2) is 10.3. The highest BCUT2D eigenvalue weighted by molar-refractivity contribution is 6.04. The molecule has 13 nitrogen and oxygen atoms in total. The molecule has 13 heteroatoms. The third kappa shape index (κ3) is 5.04. The summed E-state index contributed by atoms with van der Waals surface area (Å²) in [6, 6.07) is 9.44. The number of aromatic amines is 1. The van der Waals surface area contributed by atoms with Gasteiger partial charge in [-0.15, -0.1) is 5.10 Å². The number of methoxy groups -OCH3 is 2. The minimum Gasteiger partial charge on any atom is -0.497 e. The first-order chi connectivity index (χ1) is 17.3. The molecular weight excluding hydrogens is 470 g/mol. The molecule has 0 radical (unpaired) electrons. The van der Waals surface area contributed by atoms with Crippen LogP contribution in [0.2, 0.25) is 0 Å². The Balaban J connectivity index is 1.51. The number of amides is 2. The third-order valence-corrected chi connectivity index (χ3v) is 5.87. The third-order valence-electron chi connectivity index (χ3n) is 5.87. The lowest BCUT2D eigenvalue weighted by Crippen LogP contribution is -2.48. The Bertz CT molecular complexity index is 1300. The number of nitrogens with zero attached hydrogens (tertiary/aromatic N) is 5. The van der Waals surface area contributed by atoms with Crippen molar-refractivity contribution in [2.45, 2.75) is 6.92 Å². The van der Waals surface area contributed by atoms with Gasteiger partial charge in [0.1, 0.15) is 17.2 Å². The molecule has 36 heavy (non-hydrogen) atoms. The van der Waals surface area contributed by atoms with Gasteiger partial charge in [0.15, 0.2) is 5.82 Å². The molecular formula is C23H25N7O6. The van der Waals surface area contributed by atoms with Gasteiger partial charge in [0.2, 0.25) is 11.9 Å². The van der Waals surface area contributed by atoms with Crippen LogP contribution in [0.1, 0.15) is 17.3 Å². The van der Waals surface area contributed by atoms with E-state index in [4.69, 9.17) is 9.47 Å². The maximum Gasteiger partial charge on any atom is 0.293 e. The van der Waals surface area contributed by atoms with Gasteiger partial charge in [-0.3, -0.25) is 30.1 Å². The molecule has 3 aromatic rings. The molecule has 2 amide bonds. The number of hydrogen-bond acceptors (Lipinski definition) is 9. The Morgan fingerprint density at radius 2 is 1.83 bits per heavy atom. The zero-order chi connectivity index (χ0) is 25.8. The van der Waals surface area contributed by atoms with Gasteiger partial charge in [0.05, 0.1) is 24.7 Å². The molecule has 1 fully saturated rings. The van der Waals surface area contributed by atoms with Crippen molar-refractivity contribution in [1.29, 1.82) is 0 Å². The number of hydrogen-bond donors (Lipinski definition) is 2. The van der Waals surface area contributed by atoms with Crippen LogP contribution in [0.3, 0.4) is 0 Å². The number of nitro groups is 1. The highest BCUT2D eigenvalue weighted by Crippen LogP contribution is 2.32. The summed E-state index contributed by atoms with van der Waals surface area (Å²) in [6.45, 7) is 3.36. The fraction of sp³-hybridized carbons (Fsp3) is 0.304. The fourth-order valence-corrected chi connectivity index (χ4v) is 3.95. The molecule has 0 atom stereocenters. The van der Waals surface area contributed by atoms with Gasteiger partial charge in [-0.2, -0.15) is 4.98 Å². The van der Waals surface area contributed by atoms with E-state index in [1.54, 1.807) is 36.3 Å². The van der Waals surface area contributed by atoms with E-state index in [-0.39, 0.29) is 23.1 Å². The molecule has 1 aliphatic rings. The van der Waals surface area contributed by atoms with Crippen LogP contribution in [0.4, 0.5) is 17.3 Å². The smallest absolute Gasteiger partial charge is 0.293 e. The van der Waals surface area contributed by atoms with E-state index >= 15 is 0 Å². The van der Waals surface area contributed by atoms with Gasteiger partial charge in [0, 0.05) is 50.8 Å². The molecule has 188 valence electrons. The lowest BCUT2D eigenvalue weighted by Gasteiger charge is -2.35. The standard InChI is InChI=1S/C23H25N7O6/c1-14(31)28-8-10-29(11-9-28)18-7-4-15(12-19(18)30(33)34)22(32)25-23-24-21(26-27-23)17-6-5-16(35-2)13-20(17)36-3/h4-7,12-13H,8-11H2,1-3H3,(H2,24,25,26,27,32). The van der Waals surface area contributed by atoms with E-state index in [1.165, 1.54) is 26.2 Å². The summed E-state index contributed by atoms with van der Waals surface area (Å²) < 4.78 is 10.6. The van der Waals surface area contributed by atoms with Crippen LogP contribution in [0.15, 0.2) is 36.4 Å². The van der Waals surface area contributed by atoms with Gasteiger partial charge in [0.25, 0.3) is 11.6 Å². The molecule has 0 unspecified atom stereocenters. The number of nitrogens with one attached hydrogen (secondary N) is 2. The minimum atomic E-state index is -0.599. The number of anilines is 2. The van der Waals surface area contributed by atoms with E-state index in [2.05, 4.69) is 20.5 Å². The summed E-state index contributed by atoms with van der Waals surface area (Å²) >= 11 is 0. The van der Waals surface area contributed by atoms with E-state index in [1.807, 2.05) is 4.90 Å². The van der Waals surface area contributed by atoms with Crippen LogP contribution >= 0.6 is 0 Å². The SMILES string of the molecule is COc1ccc(-c2nc(NC(=O)c3ccc(N4CCN(C(C)=O)CC4)c([N+](=O)[O-])c3)n[nH]2)c(OC)c1. The van der Waals surface area contributed by atoms with Crippen molar-refractivity contribution in [3.8, 4) is 22.9 Å². The van der Waals surface area contributed by atoms with Crippen LogP contribution in [-0.2, 0) is 4.79 Å². The molecule has 0 aliphatic carbocycles. The van der Waals surface area contributed by atoms with Crippen molar-refractivity contribution in [3.05, 3.63) is 52.1 Å².